The van der Waals surface area contributed by atoms with E-state index in [-0.39, 0.29) is 0 Å². The summed E-state index contributed by atoms with van der Waals surface area (Å²) in [6, 6.07) is 70.6. The number of thiophene rings is 2. The summed E-state index contributed by atoms with van der Waals surface area (Å²) in [5, 5.41) is 21.3. The third-order valence-corrected chi connectivity index (χ3v) is 14.8. The van der Waals surface area contributed by atoms with Crippen molar-refractivity contribution in [1.29, 1.82) is 5.26 Å². The molecule has 3 nitrogen and oxygen atoms in total. The van der Waals surface area contributed by atoms with E-state index >= 15 is 0 Å². The lowest BCUT2D eigenvalue weighted by molar-refractivity contribution is 1.16. The summed E-state index contributed by atoms with van der Waals surface area (Å²) >= 11 is 3.64. The summed E-state index contributed by atoms with van der Waals surface area (Å²) in [6.07, 6.45) is 0. The molecule has 0 amide bonds. The maximum absolute atomic E-state index is 11.6. The lowest BCUT2D eigenvalue weighted by atomic mass is 9.88. The minimum absolute atomic E-state index is 0.657. The highest BCUT2D eigenvalue weighted by atomic mass is 32.1. The molecule has 13 rings (SSSR count). The summed E-state index contributed by atoms with van der Waals surface area (Å²) in [5.41, 5.74) is 11.4. The van der Waals surface area contributed by atoms with Crippen molar-refractivity contribution in [2.75, 3.05) is 0 Å². The lowest BCUT2D eigenvalue weighted by Crippen LogP contribution is -2.02. The van der Waals surface area contributed by atoms with E-state index in [9.17, 15) is 5.26 Å². The van der Waals surface area contributed by atoms with E-state index in [1.165, 1.54) is 62.2 Å². The van der Waals surface area contributed by atoms with E-state index in [0.29, 0.717) is 5.56 Å². The number of aromatic nitrogens is 2. The molecule has 60 heavy (non-hydrogen) atoms. The molecule has 0 N–H and O–H groups in total. The van der Waals surface area contributed by atoms with Crippen LogP contribution in [0.3, 0.4) is 0 Å². The van der Waals surface area contributed by atoms with Gasteiger partial charge in [0.1, 0.15) is 6.07 Å². The average molecular weight is 798 g/mol. The number of hydrogen-bond donors (Lipinski definition) is 0. The Hall–Kier alpha value is -7.49. The number of hydrogen-bond acceptors (Lipinski definition) is 3. The fourth-order valence-electron chi connectivity index (χ4n) is 9.86. The highest BCUT2D eigenvalue weighted by Gasteiger charge is 2.25. The van der Waals surface area contributed by atoms with Crippen LogP contribution in [-0.2, 0) is 0 Å². The molecule has 9 aromatic carbocycles. The van der Waals surface area contributed by atoms with Crippen molar-refractivity contribution in [3.63, 3.8) is 0 Å². The first-order valence-electron chi connectivity index (χ1n) is 20.2. The van der Waals surface area contributed by atoms with Gasteiger partial charge in [-0.05, 0) is 60.2 Å². The van der Waals surface area contributed by atoms with Gasteiger partial charge >= 0.3 is 0 Å². The van der Waals surface area contributed by atoms with E-state index in [0.717, 1.165) is 55.4 Å². The third kappa shape index (κ3) is 4.63. The number of benzene rings is 9. The van der Waals surface area contributed by atoms with Crippen LogP contribution in [0.15, 0.2) is 188 Å². The number of rotatable bonds is 4. The molecule has 0 unspecified atom stereocenters. The molecule has 0 aliphatic heterocycles. The van der Waals surface area contributed by atoms with Crippen molar-refractivity contribution in [3.8, 4) is 39.7 Å². The minimum atomic E-state index is 0.657. The Labute approximate surface area is 352 Å². The van der Waals surface area contributed by atoms with Gasteiger partial charge in [-0.15, -0.1) is 22.7 Å². The van der Waals surface area contributed by atoms with Gasteiger partial charge in [0.2, 0.25) is 0 Å². The number of fused-ring (bicyclic) bond motifs is 12. The lowest BCUT2D eigenvalue weighted by Gasteiger charge is -2.19. The molecule has 0 fully saturated rings. The molecule has 0 bridgehead atoms. The first kappa shape index (κ1) is 33.5. The Balaban J connectivity index is 1.12. The zero-order valence-electron chi connectivity index (χ0n) is 32.1. The van der Waals surface area contributed by atoms with Crippen LogP contribution in [0.1, 0.15) is 5.56 Å². The van der Waals surface area contributed by atoms with Gasteiger partial charge in [0.05, 0.1) is 33.3 Å². The molecule has 0 aliphatic carbocycles. The van der Waals surface area contributed by atoms with Gasteiger partial charge in [0, 0.05) is 84.3 Å². The predicted octanol–water partition coefficient (Wildman–Crippen LogP) is 15.8. The molecular formula is C55H31N3S2. The maximum atomic E-state index is 11.6. The van der Waals surface area contributed by atoms with Gasteiger partial charge in [0.15, 0.2) is 0 Å². The van der Waals surface area contributed by atoms with E-state index in [4.69, 9.17) is 0 Å². The predicted molar refractivity (Wildman–Crippen MR) is 256 cm³/mol. The zero-order chi connectivity index (χ0) is 39.5. The summed E-state index contributed by atoms with van der Waals surface area (Å²) in [5.74, 6) is 0. The molecular weight excluding hydrogens is 767 g/mol. The number of para-hydroxylation sites is 3. The first-order chi connectivity index (χ1) is 29.7. The van der Waals surface area contributed by atoms with Crippen molar-refractivity contribution in [2.45, 2.75) is 0 Å². The van der Waals surface area contributed by atoms with Crippen molar-refractivity contribution in [1.82, 2.24) is 9.13 Å². The van der Waals surface area contributed by atoms with E-state index in [2.05, 4.69) is 203 Å². The van der Waals surface area contributed by atoms with Crippen LogP contribution < -0.4 is 0 Å². The molecule has 0 atom stereocenters. The zero-order valence-corrected chi connectivity index (χ0v) is 33.7. The Morgan fingerprint density at radius 1 is 0.367 bits per heavy atom. The average Bonchev–Trinajstić information content (AvgIpc) is 4.06. The van der Waals surface area contributed by atoms with E-state index in [1.54, 1.807) is 0 Å². The molecule has 0 spiro atoms. The van der Waals surface area contributed by atoms with Crippen molar-refractivity contribution in [2.24, 2.45) is 0 Å². The Bertz CT molecular complexity index is 3930. The normalized spacial score (nSPS) is 12.0. The molecule has 13 aromatic rings. The first-order valence-corrected chi connectivity index (χ1v) is 21.8. The largest absolute Gasteiger partial charge is 0.309 e. The highest BCUT2D eigenvalue weighted by molar-refractivity contribution is 7.26. The fourth-order valence-corrected chi connectivity index (χ4v) is 12.3. The summed E-state index contributed by atoms with van der Waals surface area (Å²) < 4.78 is 9.62. The minimum Gasteiger partial charge on any atom is -0.309 e. The SMILES string of the molecule is N#Cc1c(-n2c3ccccc3c3cc(-n4c5ccccc5c5ccccc54)ccc32)ccc(-c2cccc3c2sc2ccccc23)c1-c1cccc2c1sc1ccccc12. The third-order valence-electron chi connectivity index (χ3n) is 12.4. The summed E-state index contributed by atoms with van der Waals surface area (Å²) in [6.45, 7) is 0. The maximum Gasteiger partial charge on any atom is 0.102 e. The van der Waals surface area contributed by atoms with Crippen molar-refractivity contribution in [3.05, 3.63) is 194 Å². The summed E-state index contributed by atoms with van der Waals surface area (Å²) in [7, 11) is 0. The molecule has 0 radical (unpaired) electrons. The molecule has 278 valence electrons. The molecule has 4 heterocycles. The van der Waals surface area contributed by atoms with Crippen LogP contribution in [0, 0.1) is 11.3 Å². The number of nitriles is 1. The fraction of sp³-hybridized carbons (Fsp3) is 0. The molecule has 0 saturated carbocycles. The van der Waals surface area contributed by atoms with Crippen molar-refractivity contribution >= 4 is 107 Å². The molecule has 4 aromatic heterocycles. The Morgan fingerprint density at radius 3 is 1.47 bits per heavy atom. The van der Waals surface area contributed by atoms with Gasteiger partial charge in [-0.1, -0.05) is 133 Å². The van der Waals surface area contributed by atoms with Crippen LogP contribution in [0.5, 0.6) is 0 Å². The van der Waals surface area contributed by atoms with Gasteiger partial charge < -0.3 is 9.13 Å². The van der Waals surface area contributed by atoms with E-state index < -0.39 is 0 Å². The summed E-state index contributed by atoms with van der Waals surface area (Å²) in [4.78, 5) is 0. The standard InChI is InChI=1S/C55H31N3S2/c56-32-45-50(58-48-24-8-3-15-36(48)44-31-33(27-29-49(44)58)57-46-22-6-1-13-34(46)35-14-2-7-23-47(35)57)30-28-39(42-20-11-18-40-37-16-4-9-25-51(37)59-54(40)42)53(45)43-21-12-19-41-38-17-5-10-26-52(38)60-55(41)43/h1-31H. The second-order valence-corrected chi connectivity index (χ2v) is 17.6. The smallest absolute Gasteiger partial charge is 0.102 e. The van der Waals surface area contributed by atoms with Crippen LogP contribution in [-0.4, -0.2) is 9.13 Å². The highest BCUT2D eigenvalue weighted by Crippen LogP contribution is 2.49. The quantitative estimate of drug-likeness (QED) is 0.175. The van der Waals surface area contributed by atoms with Crippen LogP contribution in [0.4, 0.5) is 0 Å². The van der Waals surface area contributed by atoms with Gasteiger partial charge in [0.25, 0.3) is 0 Å². The molecule has 5 heteroatoms. The van der Waals surface area contributed by atoms with E-state index in [1.807, 2.05) is 22.7 Å². The molecule has 0 aliphatic rings. The second kappa shape index (κ2) is 12.8. The Morgan fingerprint density at radius 2 is 0.850 bits per heavy atom. The van der Waals surface area contributed by atoms with Gasteiger partial charge in [-0.25, -0.2) is 0 Å². The second-order valence-electron chi connectivity index (χ2n) is 15.5. The topological polar surface area (TPSA) is 33.6 Å². The van der Waals surface area contributed by atoms with Crippen LogP contribution >= 0.6 is 22.7 Å². The van der Waals surface area contributed by atoms with Crippen molar-refractivity contribution < 1.29 is 0 Å². The molecule has 0 saturated heterocycles. The van der Waals surface area contributed by atoms with Crippen LogP contribution in [0.2, 0.25) is 0 Å². The number of nitrogens with zero attached hydrogens (tertiary/aromatic N) is 3. The monoisotopic (exact) mass is 797 g/mol. The van der Waals surface area contributed by atoms with Gasteiger partial charge in [-0.3, -0.25) is 0 Å². The van der Waals surface area contributed by atoms with Gasteiger partial charge in [-0.2, -0.15) is 5.26 Å². The Kier molecular flexibility index (Phi) is 7.12. The van der Waals surface area contributed by atoms with Crippen LogP contribution in [0.25, 0.3) is 118 Å².